The van der Waals surface area contributed by atoms with E-state index >= 15 is 0 Å². The molecule has 0 heterocycles. The molecule has 19 heavy (non-hydrogen) atoms. The van der Waals surface area contributed by atoms with E-state index in [1.165, 1.54) is 29.9 Å². The van der Waals surface area contributed by atoms with Crippen molar-refractivity contribution in [1.82, 2.24) is 0 Å². The lowest BCUT2D eigenvalue weighted by molar-refractivity contribution is 0.815. The van der Waals surface area contributed by atoms with Crippen LogP contribution < -0.4 is 10.6 Å². The molecule has 0 saturated carbocycles. The molecular formula is C18H21P. The molecule has 0 amide bonds. The minimum Gasteiger partial charge on any atom is -0.0834 e. The predicted octanol–water partition coefficient (Wildman–Crippen LogP) is 4.82. The van der Waals surface area contributed by atoms with Crippen molar-refractivity contribution in [3.05, 3.63) is 72.6 Å². The largest absolute Gasteiger partial charge is 0.0834 e. The molecule has 0 N–H and O–H groups in total. The Balaban J connectivity index is 2.22. The first kappa shape index (κ1) is 14.0. The van der Waals surface area contributed by atoms with Gasteiger partial charge >= 0.3 is 0 Å². The number of rotatable bonds is 6. The second-order valence-electron chi connectivity index (χ2n) is 4.57. The first-order chi connectivity index (χ1) is 9.42. The van der Waals surface area contributed by atoms with Gasteiger partial charge in [0.05, 0.1) is 0 Å². The number of hydrogen-bond acceptors (Lipinski definition) is 0. The van der Waals surface area contributed by atoms with Crippen LogP contribution in [-0.2, 0) is 0 Å². The van der Waals surface area contributed by atoms with Crippen LogP contribution in [-0.4, -0.2) is 0 Å². The molecule has 0 aromatic heterocycles. The molecule has 0 nitrogen and oxygen atoms in total. The summed E-state index contributed by atoms with van der Waals surface area (Å²) in [6, 6.07) is 21.7. The van der Waals surface area contributed by atoms with Crippen LogP contribution in [0.3, 0.4) is 0 Å². The Bertz CT molecular complexity index is 448. The minimum atomic E-state index is -0.348. The second-order valence-corrected chi connectivity index (χ2v) is 6.64. The van der Waals surface area contributed by atoms with Gasteiger partial charge in [-0.2, -0.15) is 0 Å². The van der Waals surface area contributed by atoms with E-state index in [0.29, 0.717) is 0 Å². The molecule has 0 atom stereocenters. The van der Waals surface area contributed by atoms with Crippen LogP contribution in [0.5, 0.6) is 0 Å². The monoisotopic (exact) mass is 268 g/mol. The number of unbranched alkanes of at least 4 members (excludes halogenated alkanes) is 2. The van der Waals surface area contributed by atoms with Crippen molar-refractivity contribution < 1.29 is 0 Å². The summed E-state index contributed by atoms with van der Waals surface area (Å²) in [4.78, 5) is 0. The molecule has 0 bridgehead atoms. The Morgan fingerprint density at radius 2 is 1.37 bits per heavy atom. The summed E-state index contributed by atoms with van der Waals surface area (Å²) >= 11 is 0. The fourth-order valence-corrected chi connectivity index (χ4v) is 3.99. The molecule has 0 aliphatic rings. The lowest BCUT2D eigenvalue weighted by Gasteiger charge is -2.14. The molecule has 0 aliphatic heterocycles. The van der Waals surface area contributed by atoms with Gasteiger partial charge in [0, 0.05) is 0 Å². The normalized spacial score (nSPS) is 11.3. The molecule has 1 heteroatoms. The molecule has 0 radical (unpaired) electrons. The Kier molecular flexibility index (Phi) is 5.85. The molecular weight excluding hydrogens is 247 g/mol. The maximum absolute atomic E-state index is 2.41. The smallest absolute Gasteiger partial charge is 0.0157 e. The van der Waals surface area contributed by atoms with E-state index < -0.39 is 0 Å². The van der Waals surface area contributed by atoms with Crippen LogP contribution in [0.25, 0.3) is 0 Å². The summed E-state index contributed by atoms with van der Waals surface area (Å²) in [6.07, 6.45) is 6.09. The molecule has 0 aliphatic carbocycles. The molecule has 2 aromatic rings. The third-order valence-corrected chi connectivity index (χ3v) is 5.27. The van der Waals surface area contributed by atoms with Gasteiger partial charge in [0.2, 0.25) is 0 Å². The quantitative estimate of drug-likeness (QED) is 0.520. The van der Waals surface area contributed by atoms with E-state index in [9.17, 15) is 0 Å². The fraction of sp³-hybridized carbons (Fsp3) is 0.222. The van der Waals surface area contributed by atoms with E-state index in [1.54, 1.807) is 0 Å². The van der Waals surface area contributed by atoms with Crippen molar-refractivity contribution in [2.24, 2.45) is 0 Å². The summed E-state index contributed by atoms with van der Waals surface area (Å²) in [7, 11) is -0.348. The highest BCUT2D eigenvalue weighted by molar-refractivity contribution is 7.75. The molecule has 98 valence electrons. The number of benzene rings is 2. The Labute approximate surface area is 117 Å². The average molecular weight is 268 g/mol. The highest BCUT2D eigenvalue weighted by atomic mass is 31.1. The summed E-state index contributed by atoms with van der Waals surface area (Å²) in [6.45, 7) is 2.24. The van der Waals surface area contributed by atoms with E-state index in [4.69, 9.17) is 0 Å². The van der Waals surface area contributed by atoms with Gasteiger partial charge in [0.1, 0.15) is 0 Å². The Hall–Kier alpha value is -1.39. The van der Waals surface area contributed by atoms with Gasteiger partial charge in [-0.15, -0.1) is 0 Å². The molecule has 0 spiro atoms. The summed E-state index contributed by atoms with van der Waals surface area (Å²) < 4.78 is 0. The van der Waals surface area contributed by atoms with Gasteiger partial charge in [-0.3, -0.25) is 0 Å². The topological polar surface area (TPSA) is 0 Å². The fourth-order valence-electron chi connectivity index (χ4n) is 2.00. The zero-order valence-electron chi connectivity index (χ0n) is 11.5. The van der Waals surface area contributed by atoms with Crippen molar-refractivity contribution in [3.8, 4) is 0 Å². The summed E-state index contributed by atoms with van der Waals surface area (Å²) in [5.74, 6) is 2.41. The molecule has 0 saturated heterocycles. The van der Waals surface area contributed by atoms with E-state index in [1.807, 2.05) is 0 Å². The standard InChI is InChI=1S/C18H21P/c1-2-3-4-11-16-19(17-12-7-5-8-13-17)18-14-9-6-10-15-18/h5-16H,2-4H2,1H3/b16-11-. The minimum absolute atomic E-state index is 0.348. The van der Waals surface area contributed by atoms with Crippen molar-refractivity contribution in [2.75, 3.05) is 0 Å². The van der Waals surface area contributed by atoms with Crippen LogP contribution in [0.2, 0.25) is 0 Å². The highest BCUT2D eigenvalue weighted by Crippen LogP contribution is 2.35. The summed E-state index contributed by atoms with van der Waals surface area (Å²) in [5.41, 5.74) is 0. The van der Waals surface area contributed by atoms with Gasteiger partial charge in [-0.05, 0) is 25.0 Å². The lowest BCUT2D eigenvalue weighted by atomic mass is 10.2. The third kappa shape index (κ3) is 4.33. The van der Waals surface area contributed by atoms with Gasteiger partial charge in [0.25, 0.3) is 0 Å². The third-order valence-electron chi connectivity index (χ3n) is 3.05. The zero-order valence-corrected chi connectivity index (χ0v) is 12.4. The van der Waals surface area contributed by atoms with Gasteiger partial charge in [0.15, 0.2) is 0 Å². The first-order valence-corrected chi connectivity index (χ1v) is 8.39. The SMILES string of the molecule is CCCC/C=C\P(c1ccccc1)c1ccccc1. The van der Waals surface area contributed by atoms with Crippen molar-refractivity contribution in [3.63, 3.8) is 0 Å². The zero-order chi connectivity index (χ0) is 13.3. The average Bonchev–Trinajstić information content (AvgIpc) is 2.49. The number of hydrogen-bond donors (Lipinski definition) is 0. The van der Waals surface area contributed by atoms with Crippen LogP contribution in [0.15, 0.2) is 72.6 Å². The first-order valence-electron chi connectivity index (χ1n) is 6.98. The number of allylic oxidation sites excluding steroid dienone is 1. The summed E-state index contributed by atoms with van der Waals surface area (Å²) in [5, 5.41) is 2.85. The Morgan fingerprint density at radius 3 is 1.84 bits per heavy atom. The van der Waals surface area contributed by atoms with E-state index in [0.717, 1.165) is 0 Å². The van der Waals surface area contributed by atoms with Crippen molar-refractivity contribution in [1.29, 1.82) is 0 Å². The van der Waals surface area contributed by atoms with Crippen LogP contribution in [0, 0.1) is 0 Å². The van der Waals surface area contributed by atoms with Crippen LogP contribution in [0.4, 0.5) is 0 Å². The highest BCUT2D eigenvalue weighted by Gasteiger charge is 2.08. The van der Waals surface area contributed by atoms with Gasteiger partial charge in [-0.25, -0.2) is 0 Å². The van der Waals surface area contributed by atoms with E-state index in [-0.39, 0.29) is 7.92 Å². The molecule has 0 fully saturated rings. The van der Waals surface area contributed by atoms with Crippen molar-refractivity contribution in [2.45, 2.75) is 26.2 Å². The Morgan fingerprint density at radius 1 is 0.842 bits per heavy atom. The van der Waals surface area contributed by atoms with Crippen LogP contribution >= 0.6 is 7.92 Å². The lowest BCUT2D eigenvalue weighted by Crippen LogP contribution is -2.09. The van der Waals surface area contributed by atoms with Crippen molar-refractivity contribution >= 4 is 18.5 Å². The maximum Gasteiger partial charge on any atom is -0.0157 e. The molecule has 0 unspecified atom stereocenters. The second kappa shape index (κ2) is 7.92. The van der Waals surface area contributed by atoms with Crippen LogP contribution in [0.1, 0.15) is 26.2 Å². The maximum atomic E-state index is 2.41. The molecule has 2 aromatic carbocycles. The molecule has 2 rings (SSSR count). The predicted molar refractivity (Wildman–Crippen MR) is 87.7 cm³/mol. The van der Waals surface area contributed by atoms with E-state index in [2.05, 4.69) is 79.5 Å². The van der Waals surface area contributed by atoms with Gasteiger partial charge in [-0.1, -0.05) is 92.3 Å². The van der Waals surface area contributed by atoms with Gasteiger partial charge < -0.3 is 0 Å².